The number of nitrogens with two attached hydrogens (primary N) is 1. The molecule has 0 spiro atoms. The van der Waals surface area contributed by atoms with Crippen LogP contribution in [0.1, 0.15) is 5.56 Å². The second-order valence-electron chi connectivity index (χ2n) is 3.48. The molecule has 5 heteroatoms. The highest BCUT2D eigenvalue weighted by molar-refractivity contribution is 7.80. The van der Waals surface area contributed by atoms with Gasteiger partial charge in [-0.05, 0) is 11.6 Å². The first-order valence-corrected chi connectivity index (χ1v) is 5.17. The largest absolute Gasteiger partial charge is 0.392 e. The fourth-order valence-electron chi connectivity index (χ4n) is 1.26. The van der Waals surface area contributed by atoms with Crippen LogP contribution in [0.5, 0.6) is 0 Å². The van der Waals surface area contributed by atoms with Crippen molar-refractivity contribution in [2.45, 2.75) is 6.42 Å². The molecule has 0 heterocycles. The van der Waals surface area contributed by atoms with E-state index in [4.69, 9.17) is 18.0 Å². The third-order valence-electron chi connectivity index (χ3n) is 2.12. The molecule has 16 heavy (non-hydrogen) atoms. The molecule has 0 saturated heterocycles. The number of amides is 1. The van der Waals surface area contributed by atoms with Crippen LogP contribution >= 0.6 is 12.2 Å². The summed E-state index contributed by atoms with van der Waals surface area (Å²) < 4.78 is 13.3. The summed E-state index contributed by atoms with van der Waals surface area (Å²) in [5.74, 6) is -0.586. The fourth-order valence-corrected chi connectivity index (χ4v) is 1.46. The van der Waals surface area contributed by atoms with E-state index < -0.39 is 0 Å². The van der Waals surface area contributed by atoms with E-state index in [0.717, 1.165) is 0 Å². The Morgan fingerprint density at radius 3 is 2.69 bits per heavy atom. The number of thiocarbonyl (C=S) groups is 1. The van der Waals surface area contributed by atoms with Gasteiger partial charge in [0, 0.05) is 7.05 Å². The Labute approximate surface area is 99.0 Å². The van der Waals surface area contributed by atoms with Gasteiger partial charge < -0.3 is 10.6 Å². The molecular formula is C11H13FN2OS. The topological polar surface area (TPSA) is 46.3 Å². The van der Waals surface area contributed by atoms with E-state index in [0.29, 0.717) is 5.56 Å². The first kappa shape index (κ1) is 12.6. The molecule has 1 amide bonds. The van der Waals surface area contributed by atoms with Gasteiger partial charge >= 0.3 is 0 Å². The predicted molar refractivity (Wildman–Crippen MR) is 64.5 cm³/mol. The van der Waals surface area contributed by atoms with E-state index in [1.165, 1.54) is 11.0 Å². The van der Waals surface area contributed by atoms with Crippen molar-refractivity contribution in [2.24, 2.45) is 5.73 Å². The van der Waals surface area contributed by atoms with Crippen molar-refractivity contribution in [3.05, 3.63) is 35.6 Å². The summed E-state index contributed by atoms with van der Waals surface area (Å²) in [6.45, 7) is 0.211. The third-order valence-corrected chi connectivity index (χ3v) is 2.25. The van der Waals surface area contributed by atoms with Gasteiger partial charge in [0.05, 0.1) is 18.0 Å². The Hall–Kier alpha value is -1.49. The van der Waals surface area contributed by atoms with Crippen molar-refractivity contribution in [3.8, 4) is 0 Å². The van der Waals surface area contributed by atoms with Gasteiger partial charge in [-0.1, -0.05) is 30.4 Å². The SMILES string of the molecule is CN(CC(N)=S)C(=O)Cc1ccccc1F. The van der Waals surface area contributed by atoms with Gasteiger partial charge in [-0.2, -0.15) is 0 Å². The van der Waals surface area contributed by atoms with Crippen molar-refractivity contribution < 1.29 is 9.18 Å². The van der Waals surface area contributed by atoms with Crippen molar-refractivity contribution in [2.75, 3.05) is 13.6 Å². The summed E-state index contributed by atoms with van der Waals surface area (Å²) in [5.41, 5.74) is 5.70. The Bertz CT molecular complexity index is 409. The summed E-state index contributed by atoms with van der Waals surface area (Å²) >= 11 is 4.69. The van der Waals surface area contributed by atoms with Gasteiger partial charge in [0.2, 0.25) is 5.91 Å². The number of carbonyl (C=O) groups is 1. The van der Waals surface area contributed by atoms with Gasteiger partial charge in [-0.25, -0.2) is 4.39 Å². The van der Waals surface area contributed by atoms with Crippen LogP contribution in [-0.4, -0.2) is 29.4 Å². The molecule has 1 rings (SSSR count). The second kappa shape index (κ2) is 5.55. The maximum absolute atomic E-state index is 13.3. The van der Waals surface area contributed by atoms with Gasteiger partial charge in [-0.15, -0.1) is 0 Å². The molecule has 1 aromatic carbocycles. The zero-order valence-corrected chi connectivity index (χ0v) is 9.76. The van der Waals surface area contributed by atoms with Crippen LogP contribution in [-0.2, 0) is 11.2 Å². The van der Waals surface area contributed by atoms with Crippen LogP contribution in [0, 0.1) is 5.82 Å². The Balaban J connectivity index is 2.64. The van der Waals surface area contributed by atoms with Crippen LogP contribution in [0.3, 0.4) is 0 Å². The lowest BCUT2D eigenvalue weighted by atomic mass is 10.1. The molecule has 0 aliphatic heterocycles. The van der Waals surface area contributed by atoms with Crippen molar-refractivity contribution in [1.82, 2.24) is 4.90 Å². The van der Waals surface area contributed by atoms with Gasteiger partial charge in [0.25, 0.3) is 0 Å². The smallest absolute Gasteiger partial charge is 0.227 e. The number of rotatable bonds is 4. The first-order valence-electron chi connectivity index (χ1n) is 4.76. The molecule has 0 aliphatic rings. The maximum Gasteiger partial charge on any atom is 0.227 e. The van der Waals surface area contributed by atoms with Crippen LogP contribution in [0.4, 0.5) is 4.39 Å². The molecule has 1 aromatic rings. The summed E-state index contributed by atoms with van der Waals surface area (Å²) in [4.78, 5) is 13.3. The van der Waals surface area contributed by atoms with E-state index in [2.05, 4.69) is 0 Å². The van der Waals surface area contributed by atoms with E-state index in [9.17, 15) is 9.18 Å². The fraction of sp³-hybridized carbons (Fsp3) is 0.273. The van der Waals surface area contributed by atoms with Crippen molar-refractivity contribution in [3.63, 3.8) is 0 Å². The zero-order valence-electron chi connectivity index (χ0n) is 8.94. The van der Waals surface area contributed by atoms with Gasteiger partial charge in [-0.3, -0.25) is 4.79 Å². The molecule has 0 bridgehead atoms. The molecule has 0 radical (unpaired) electrons. The average molecular weight is 240 g/mol. The van der Waals surface area contributed by atoms with E-state index in [1.807, 2.05) is 0 Å². The summed E-state index contributed by atoms with van der Waals surface area (Å²) in [7, 11) is 1.59. The van der Waals surface area contributed by atoms with Gasteiger partial charge in [0.1, 0.15) is 5.82 Å². The summed E-state index contributed by atoms with van der Waals surface area (Å²) in [6.07, 6.45) is 0.0196. The number of hydrogen-bond donors (Lipinski definition) is 1. The van der Waals surface area contributed by atoms with Crippen LogP contribution in [0.25, 0.3) is 0 Å². The molecular weight excluding hydrogens is 227 g/mol. The van der Waals surface area contributed by atoms with E-state index in [1.54, 1.807) is 25.2 Å². The minimum absolute atomic E-state index is 0.0196. The average Bonchev–Trinajstić information content (AvgIpc) is 2.20. The predicted octanol–water partition coefficient (Wildman–Crippen LogP) is 1.11. The van der Waals surface area contributed by atoms with E-state index >= 15 is 0 Å². The number of carbonyl (C=O) groups excluding carboxylic acids is 1. The molecule has 0 aliphatic carbocycles. The maximum atomic E-state index is 13.3. The van der Waals surface area contributed by atoms with Crippen LogP contribution in [0.2, 0.25) is 0 Å². The molecule has 2 N–H and O–H groups in total. The molecule has 3 nitrogen and oxygen atoms in total. The van der Waals surface area contributed by atoms with Crippen molar-refractivity contribution >= 4 is 23.1 Å². The monoisotopic (exact) mass is 240 g/mol. The lowest BCUT2D eigenvalue weighted by Crippen LogP contribution is -2.35. The highest BCUT2D eigenvalue weighted by Gasteiger charge is 2.12. The standard InChI is InChI=1S/C11H13FN2OS/c1-14(7-10(13)16)11(15)6-8-4-2-3-5-9(8)12/h2-5H,6-7H2,1H3,(H2,13,16). The van der Waals surface area contributed by atoms with E-state index in [-0.39, 0.29) is 29.7 Å². The number of benzene rings is 1. The molecule has 0 saturated carbocycles. The minimum atomic E-state index is -0.375. The molecule has 86 valence electrons. The Morgan fingerprint density at radius 2 is 2.12 bits per heavy atom. The van der Waals surface area contributed by atoms with Crippen molar-refractivity contribution in [1.29, 1.82) is 0 Å². The highest BCUT2D eigenvalue weighted by atomic mass is 32.1. The summed E-state index contributed by atoms with van der Waals surface area (Å²) in [6, 6.07) is 6.19. The molecule has 0 unspecified atom stereocenters. The molecule has 0 aromatic heterocycles. The normalized spacial score (nSPS) is 9.88. The quantitative estimate of drug-likeness (QED) is 0.802. The number of nitrogens with zero attached hydrogens (tertiary/aromatic N) is 1. The summed E-state index contributed by atoms with van der Waals surface area (Å²) in [5, 5.41) is 0. The van der Waals surface area contributed by atoms with Gasteiger partial charge in [0.15, 0.2) is 0 Å². The highest BCUT2D eigenvalue weighted by Crippen LogP contribution is 2.08. The molecule has 0 fully saturated rings. The lowest BCUT2D eigenvalue weighted by Gasteiger charge is -2.16. The second-order valence-corrected chi connectivity index (χ2v) is 4.01. The first-order chi connectivity index (χ1) is 7.50. The Kier molecular flexibility index (Phi) is 4.37. The Morgan fingerprint density at radius 1 is 1.50 bits per heavy atom. The van der Waals surface area contributed by atoms with Crippen LogP contribution in [0.15, 0.2) is 24.3 Å². The minimum Gasteiger partial charge on any atom is -0.392 e. The number of hydrogen-bond acceptors (Lipinski definition) is 2. The third kappa shape index (κ3) is 3.58. The number of likely N-dealkylation sites (N-methyl/N-ethyl adjacent to an activating group) is 1. The van der Waals surface area contributed by atoms with Crippen LogP contribution < -0.4 is 5.73 Å². The molecule has 0 atom stereocenters. The zero-order chi connectivity index (χ0) is 12.1. The number of halogens is 1. The lowest BCUT2D eigenvalue weighted by molar-refractivity contribution is -0.128.